The molecule has 0 aromatic carbocycles. The Hall–Kier alpha value is -2.01. The SMILES string of the molecule is COc1ncc(-c2c(C)nc3sc(C(C)(C)C)cn23)cc1S(=O)(=O)NC1CCC(O)CC1. The predicted molar refractivity (Wildman–Crippen MR) is 125 cm³/mol. The summed E-state index contributed by atoms with van der Waals surface area (Å²) in [4.78, 5) is 11.1. The number of nitrogens with one attached hydrogen (secondary N) is 1. The molecule has 1 aliphatic carbocycles. The van der Waals surface area contributed by atoms with Crippen molar-refractivity contribution in [2.24, 2.45) is 0 Å². The Morgan fingerprint density at radius 2 is 1.94 bits per heavy atom. The van der Waals surface area contributed by atoms with Crippen molar-refractivity contribution in [3.05, 3.63) is 29.0 Å². The maximum Gasteiger partial charge on any atom is 0.246 e. The highest BCUT2D eigenvalue weighted by molar-refractivity contribution is 7.89. The number of rotatable bonds is 5. The number of sulfonamides is 1. The molecule has 174 valence electrons. The number of aromatic nitrogens is 3. The first-order valence-electron chi connectivity index (χ1n) is 10.7. The van der Waals surface area contributed by atoms with Crippen LogP contribution in [0.25, 0.3) is 16.2 Å². The van der Waals surface area contributed by atoms with E-state index in [0.717, 1.165) is 16.3 Å². The molecule has 1 fully saturated rings. The predicted octanol–water partition coefficient (Wildman–Crippen LogP) is 3.65. The van der Waals surface area contributed by atoms with Gasteiger partial charge in [0.1, 0.15) is 4.90 Å². The minimum absolute atomic E-state index is 0.00393. The maximum atomic E-state index is 13.3. The zero-order chi connectivity index (χ0) is 23.3. The lowest BCUT2D eigenvalue weighted by molar-refractivity contribution is 0.120. The molecule has 1 aliphatic rings. The van der Waals surface area contributed by atoms with Gasteiger partial charge in [-0.15, -0.1) is 11.3 Å². The molecule has 0 unspecified atom stereocenters. The third-order valence-electron chi connectivity index (χ3n) is 5.83. The van der Waals surface area contributed by atoms with Gasteiger partial charge in [0.2, 0.25) is 15.9 Å². The Labute approximate surface area is 192 Å². The maximum absolute atomic E-state index is 13.3. The van der Waals surface area contributed by atoms with Gasteiger partial charge >= 0.3 is 0 Å². The van der Waals surface area contributed by atoms with Crippen LogP contribution >= 0.6 is 11.3 Å². The van der Waals surface area contributed by atoms with Crippen LogP contribution < -0.4 is 9.46 Å². The number of hydrogen-bond acceptors (Lipinski definition) is 7. The summed E-state index contributed by atoms with van der Waals surface area (Å²) in [7, 11) is -2.45. The largest absolute Gasteiger partial charge is 0.480 e. The molecular formula is C22H30N4O4S2. The van der Waals surface area contributed by atoms with Crippen LogP contribution in [0.5, 0.6) is 5.88 Å². The quantitative estimate of drug-likeness (QED) is 0.580. The number of aliphatic hydroxyl groups is 1. The van der Waals surface area contributed by atoms with Gasteiger partial charge in [-0.05, 0) is 44.1 Å². The van der Waals surface area contributed by atoms with Crippen molar-refractivity contribution in [1.82, 2.24) is 19.1 Å². The fourth-order valence-corrected chi connectivity index (χ4v) is 6.57. The Morgan fingerprint density at radius 1 is 1.25 bits per heavy atom. The van der Waals surface area contributed by atoms with E-state index >= 15 is 0 Å². The number of nitrogens with zero attached hydrogens (tertiary/aromatic N) is 3. The van der Waals surface area contributed by atoms with Gasteiger partial charge in [0.05, 0.1) is 24.6 Å². The van der Waals surface area contributed by atoms with Crippen LogP contribution in [0.4, 0.5) is 0 Å². The minimum Gasteiger partial charge on any atom is -0.480 e. The monoisotopic (exact) mass is 478 g/mol. The highest BCUT2D eigenvalue weighted by atomic mass is 32.2. The Morgan fingerprint density at radius 3 is 2.56 bits per heavy atom. The van der Waals surface area contributed by atoms with Crippen LogP contribution in [-0.2, 0) is 15.4 Å². The Bertz CT molecular complexity index is 1230. The molecule has 1 saturated carbocycles. The molecule has 0 atom stereocenters. The van der Waals surface area contributed by atoms with E-state index in [1.807, 2.05) is 11.3 Å². The molecule has 3 aromatic rings. The van der Waals surface area contributed by atoms with Crippen LogP contribution in [-0.4, -0.2) is 47.1 Å². The second-order valence-corrected chi connectivity index (χ2v) is 12.1. The van der Waals surface area contributed by atoms with E-state index in [4.69, 9.17) is 9.72 Å². The summed E-state index contributed by atoms with van der Waals surface area (Å²) < 4.78 is 36.6. The van der Waals surface area contributed by atoms with Gasteiger partial charge in [-0.3, -0.25) is 4.40 Å². The molecule has 0 bridgehead atoms. The first kappa shape index (κ1) is 23.2. The normalized spacial score (nSPS) is 20.1. The van der Waals surface area contributed by atoms with Crippen molar-refractivity contribution in [2.45, 2.75) is 75.8 Å². The van der Waals surface area contributed by atoms with Crippen molar-refractivity contribution >= 4 is 26.3 Å². The second kappa shape index (κ2) is 8.40. The van der Waals surface area contributed by atoms with Gasteiger partial charge in [0.25, 0.3) is 0 Å². The topological polar surface area (TPSA) is 106 Å². The van der Waals surface area contributed by atoms with Crippen LogP contribution in [0.3, 0.4) is 0 Å². The molecule has 0 radical (unpaired) electrons. The van der Waals surface area contributed by atoms with E-state index in [1.54, 1.807) is 23.6 Å². The molecule has 2 N–H and O–H groups in total. The van der Waals surface area contributed by atoms with Crippen LogP contribution in [0.1, 0.15) is 57.0 Å². The van der Waals surface area contributed by atoms with Crippen molar-refractivity contribution in [2.75, 3.05) is 7.11 Å². The molecule has 0 saturated heterocycles. The summed E-state index contributed by atoms with van der Waals surface area (Å²) in [6.45, 7) is 8.37. The summed E-state index contributed by atoms with van der Waals surface area (Å²) in [5.74, 6) is 0.0520. The number of aliphatic hydroxyl groups excluding tert-OH is 1. The molecule has 0 aliphatic heterocycles. The number of ether oxygens (including phenoxy) is 1. The van der Waals surface area contributed by atoms with Crippen molar-refractivity contribution in [3.63, 3.8) is 0 Å². The average molecular weight is 479 g/mol. The van der Waals surface area contributed by atoms with E-state index in [2.05, 4.69) is 36.7 Å². The summed E-state index contributed by atoms with van der Waals surface area (Å²) in [5.41, 5.74) is 2.27. The third kappa shape index (κ3) is 4.41. The third-order valence-corrected chi connectivity index (χ3v) is 8.76. The van der Waals surface area contributed by atoms with E-state index in [9.17, 15) is 13.5 Å². The lowest BCUT2D eigenvalue weighted by Crippen LogP contribution is -2.38. The fraction of sp³-hybridized carbons (Fsp3) is 0.545. The van der Waals surface area contributed by atoms with Gasteiger partial charge in [0, 0.05) is 28.9 Å². The standard InChI is InChI=1S/C22H30N4O4S2/c1-13-19(26-12-18(22(2,3)4)31-21(26)24-13)14-10-17(20(30-5)23-11-14)32(28,29)25-15-6-8-16(27)9-7-15/h10-12,15-16,25,27H,6-9H2,1-5H3. The first-order chi connectivity index (χ1) is 15.0. The lowest BCUT2D eigenvalue weighted by atomic mass is 9.94. The molecule has 0 amide bonds. The van der Waals surface area contributed by atoms with E-state index < -0.39 is 10.0 Å². The summed E-state index contributed by atoms with van der Waals surface area (Å²) in [5, 5.41) is 9.72. The van der Waals surface area contributed by atoms with Crippen molar-refractivity contribution in [3.8, 4) is 17.1 Å². The molecule has 4 rings (SSSR count). The lowest BCUT2D eigenvalue weighted by Gasteiger charge is -2.26. The summed E-state index contributed by atoms with van der Waals surface area (Å²) in [6.07, 6.45) is 5.71. The van der Waals surface area contributed by atoms with Gasteiger partial charge in [-0.25, -0.2) is 23.1 Å². The fourth-order valence-electron chi connectivity index (χ4n) is 4.03. The molecule has 3 heterocycles. The molecular weight excluding hydrogens is 448 g/mol. The van der Waals surface area contributed by atoms with E-state index in [1.165, 1.54) is 12.0 Å². The van der Waals surface area contributed by atoms with Gasteiger partial charge in [0.15, 0.2) is 4.96 Å². The number of thiazole rings is 1. The number of imidazole rings is 1. The Balaban J connectivity index is 1.75. The number of pyridine rings is 1. The number of fused-ring (bicyclic) bond motifs is 1. The van der Waals surface area contributed by atoms with E-state index in [0.29, 0.717) is 31.2 Å². The zero-order valence-corrected chi connectivity index (χ0v) is 20.7. The van der Waals surface area contributed by atoms with Crippen LogP contribution in [0.2, 0.25) is 0 Å². The molecule has 32 heavy (non-hydrogen) atoms. The highest BCUT2D eigenvalue weighted by Crippen LogP contribution is 2.36. The first-order valence-corrected chi connectivity index (χ1v) is 13.0. The van der Waals surface area contributed by atoms with Crippen molar-refractivity contribution < 1.29 is 18.3 Å². The smallest absolute Gasteiger partial charge is 0.246 e. The Kier molecular flexibility index (Phi) is 6.08. The number of aryl methyl sites for hydroxylation is 1. The molecule has 0 spiro atoms. The van der Waals surface area contributed by atoms with Gasteiger partial charge in [-0.2, -0.15) is 0 Å². The number of hydrogen-bond donors (Lipinski definition) is 2. The van der Waals surface area contributed by atoms with E-state index in [-0.39, 0.29) is 28.3 Å². The average Bonchev–Trinajstić information content (AvgIpc) is 3.26. The van der Waals surface area contributed by atoms with Crippen molar-refractivity contribution in [1.29, 1.82) is 0 Å². The molecule has 3 aromatic heterocycles. The minimum atomic E-state index is -3.86. The summed E-state index contributed by atoms with van der Waals surface area (Å²) in [6, 6.07) is 1.39. The molecule has 10 heteroatoms. The second-order valence-electron chi connectivity index (χ2n) is 9.40. The molecule has 8 nitrogen and oxygen atoms in total. The number of methoxy groups -OCH3 is 1. The summed E-state index contributed by atoms with van der Waals surface area (Å²) >= 11 is 1.63. The van der Waals surface area contributed by atoms with Crippen LogP contribution in [0, 0.1) is 6.92 Å². The highest BCUT2D eigenvalue weighted by Gasteiger charge is 2.29. The van der Waals surface area contributed by atoms with Crippen LogP contribution in [0.15, 0.2) is 23.4 Å². The zero-order valence-electron chi connectivity index (χ0n) is 19.0. The van der Waals surface area contributed by atoms with Gasteiger partial charge < -0.3 is 9.84 Å². The van der Waals surface area contributed by atoms with Gasteiger partial charge in [-0.1, -0.05) is 20.8 Å².